The molecule has 1 amide bonds. The summed E-state index contributed by atoms with van der Waals surface area (Å²) < 4.78 is 36.8. The van der Waals surface area contributed by atoms with Crippen LogP contribution in [0.15, 0.2) is 52.6 Å². The molecule has 0 fully saturated rings. The van der Waals surface area contributed by atoms with Crippen LogP contribution in [-0.2, 0) is 14.8 Å². The van der Waals surface area contributed by atoms with Gasteiger partial charge in [0.05, 0.1) is 20.8 Å². The van der Waals surface area contributed by atoms with Crippen molar-refractivity contribution in [3.8, 4) is 11.5 Å². The Labute approximate surface area is 156 Å². The number of hydrogen-bond acceptors (Lipinski definition) is 6. The summed E-state index contributed by atoms with van der Waals surface area (Å²) in [5, 5.41) is 4.33. The lowest BCUT2D eigenvalue weighted by atomic mass is 10.2. The van der Waals surface area contributed by atoms with E-state index in [0.717, 1.165) is 15.6 Å². The van der Waals surface area contributed by atoms with Gasteiger partial charge >= 0.3 is 0 Å². The van der Waals surface area contributed by atoms with Gasteiger partial charge in [-0.25, -0.2) is 8.42 Å². The van der Waals surface area contributed by atoms with Gasteiger partial charge in [-0.15, -0.1) is 17.9 Å². The van der Waals surface area contributed by atoms with Gasteiger partial charge in [0.25, 0.3) is 10.0 Å². The van der Waals surface area contributed by atoms with Gasteiger partial charge in [0.15, 0.2) is 0 Å². The molecule has 0 saturated carbocycles. The van der Waals surface area contributed by atoms with Gasteiger partial charge in [-0.3, -0.25) is 4.79 Å². The summed E-state index contributed by atoms with van der Waals surface area (Å²) in [7, 11) is -0.763. The average Bonchev–Trinajstić information content (AvgIpc) is 3.16. The summed E-state index contributed by atoms with van der Waals surface area (Å²) in [4.78, 5) is 12.4. The second-order valence-electron chi connectivity index (χ2n) is 5.17. The molecule has 9 heteroatoms. The van der Waals surface area contributed by atoms with E-state index in [1.807, 2.05) is 0 Å². The Morgan fingerprint density at radius 1 is 1.27 bits per heavy atom. The molecule has 1 aromatic heterocycles. The number of rotatable bonds is 9. The quantitative estimate of drug-likeness (QED) is 0.659. The number of carbonyl (C=O) groups is 1. The standard InChI is InChI=1S/C17H20N2O5S2/c1-4-7-19(26(21,22)17-6-5-8-25-17)12-16(20)18-13-9-14(23-2)11-15(10-13)24-3/h4-6,8-11H,1,7,12H2,2-3H3,(H,18,20). The number of nitrogens with zero attached hydrogens (tertiary/aromatic N) is 1. The Hall–Kier alpha value is -2.36. The number of anilines is 1. The molecule has 140 valence electrons. The average molecular weight is 396 g/mol. The molecule has 26 heavy (non-hydrogen) atoms. The lowest BCUT2D eigenvalue weighted by Gasteiger charge is -2.19. The zero-order chi connectivity index (χ0) is 19.2. The molecular weight excluding hydrogens is 376 g/mol. The van der Waals surface area contributed by atoms with Gasteiger partial charge in [-0.2, -0.15) is 4.31 Å². The van der Waals surface area contributed by atoms with E-state index in [-0.39, 0.29) is 17.3 Å². The summed E-state index contributed by atoms with van der Waals surface area (Å²) in [6.45, 7) is 3.25. The Bertz CT molecular complexity index is 841. The number of benzene rings is 1. The fraction of sp³-hybridized carbons (Fsp3) is 0.235. The number of sulfonamides is 1. The van der Waals surface area contributed by atoms with Crippen LogP contribution in [-0.4, -0.2) is 45.9 Å². The van der Waals surface area contributed by atoms with E-state index in [1.54, 1.807) is 29.6 Å². The van der Waals surface area contributed by atoms with E-state index in [0.29, 0.717) is 17.2 Å². The first-order valence-electron chi connectivity index (χ1n) is 7.58. The molecule has 0 spiro atoms. The molecule has 0 bridgehead atoms. The molecule has 0 unspecified atom stereocenters. The van der Waals surface area contributed by atoms with Crippen LogP contribution in [0.4, 0.5) is 5.69 Å². The van der Waals surface area contributed by atoms with Gasteiger partial charge in [0.1, 0.15) is 15.7 Å². The highest BCUT2D eigenvalue weighted by molar-refractivity contribution is 7.91. The third kappa shape index (κ3) is 4.84. The van der Waals surface area contributed by atoms with E-state index >= 15 is 0 Å². The molecule has 2 rings (SSSR count). The third-order valence-corrected chi connectivity index (χ3v) is 6.56. The van der Waals surface area contributed by atoms with Gasteiger partial charge in [-0.1, -0.05) is 12.1 Å². The smallest absolute Gasteiger partial charge is 0.253 e. The van der Waals surface area contributed by atoms with E-state index < -0.39 is 15.9 Å². The van der Waals surface area contributed by atoms with Crippen molar-refractivity contribution < 1.29 is 22.7 Å². The second-order valence-corrected chi connectivity index (χ2v) is 8.28. The number of ether oxygens (including phenoxy) is 2. The van der Waals surface area contributed by atoms with Gasteiger partial charge in [-0.05, 0) is 11.4 Å². The number of thiophene rings is 1. The number of carbonyl (C=O) groups excluding carboxylic acids is 1. The van der Waals surface area contributed by atoms with Crippen molar-refractivity contribution >= 4 is 33.0 Å². The van der Waals surface area contributed by atoms with Crippen LogP contribution in [0.25, 0.3) is 0 Å². The van der Waals surface area contributed by atoms with Crippen molar-refractivity contribution in [2.45, 2.75) is 4.21 Å². The maximum atomic E-state index is 12.6. The van der Waals surface area contributed by atoms with Crippen LogP contribution in [0.3, 0.4) is 0 Å². The molecule has 0 aliphatic heterocycles. The zero-order valence-electron chi connectivity index (χ0n) is 14.5. The molecule has 0 aliphatic carbocycles. The summed E-state index contributed by atoms with van der Waals surface area (Å²) in [6.07, 6.45) is 1.44. The number of nitrogens with one attached hydrogen (secondary N) is 1. The summed E-state index contributed by atoms with van der Waals surface area (Å²) in [5.41, 5.74) is 0.443. The molecule has 1 N–H and O–H groups in total. The first-order chi connectivity index (χ1) is 12.4. The highest BCUT2D eigenvalue weighted by Gasteiger charge is 2.26. The molecule has 0 radical (unpaired) electrons. The Balaban J connectivity index is 2.17. The monoisotopic (exact) mass is 396 g/mol. The van der Waals surface area contributed by atoms with E-state index in [4.69, 9.17) is 9.47 Å². The van der Waals surface area contributed by atoms with Crippen molar-refractivity contribution in [1.82, 2.24) is 4.31 Å². The molecule has 0 aliphatic rings. The second kappa shape index (κ2) is 8.84. The van der Waals surface area contributed by atoms with Crippen LogP contribution in [0.5, 0.6) is 11.5 Å². The minimum atomic E-state index is -3.76. The van der Waals surface area contributed by atoms with Crippen molar-refractivity contribution in [3.63, 3.8) is 0 Å². The molecule has 2 aromatic rings. The Morgan fingerprint density at radius 3 is 2.42 bits per heavy atom. The molecule has 0 atom stereocenters. The first kappa shape index (κ1) is 20.0. The lowest BCUT2D eigenvalue weighted by Crippen LogP contribution is -2.37. The Morgan fingerprint density at radius 2 is 1.92 bits per heavy atom. The van der Waals surface area contributed by atoms with Crippen LogP contribution in [0.2, 0.25) is 0 Å². The summed E-state index contributed by atoms with van der Waals surface area (Å²) in [6, 6.07) is 8.05. The van der Waals surface area contributed by atoms with Crippen LogP contribution >= 0.6 is 11.3 Å². The highest BCUT2D eigenvalue weighted by Crippen LogP contribution is 2.26. The van der Waals surface area contributed by atoms with Gasteiger partial charge < -0.3 is 14.8 Å². The first-order valence-corrected chi connectivity index (χ1v) is 9.90. The van der Waals surface area contributed by atoms with Crippen molar-refractivity contribution in [3.05, 3.63) is 48.4 Å². The van der Waals surface area contributed by atoms with Crippen LogP contribution < -0.4 is 14.8 Å². The molecular formula is C17H20N2O5S2. The molecule has 1 aromatic carbocycles. The largest absolute Gasteiger partial charge is 0.497 e. The molecule has 7 nitrogen and oxygen atoms in total. The Kier molecular flexibility index (Phi) is 6.78. The minimum Gasteiger partial charge on any atom is -0.497 e. The number of hydrogen-bond donors (Lipinski definition) is 1. The van der Waals surface area contributed by atoms with E-state index in [1.165, 1.54) is 26.4 Å². The predicted molar refractivity (Wildman–Crippen MR) is 101 cm³/mol. The predicted octanol–water partition coefficient (Wildman–Crippen LogP) is 2.58. The maximum absolute atomic E-state index is 12.6. The summed E-state index contributed by atoms with van der Waals surface area (Å²) in [5.74, 6) is 0.532. The normalized spacial score (nSPS) is 11.2. The highest BCUT2D eigenvalue weighted by atomic mass is 32.2. The fourth-order valence-electron chi connectivity index (χ4n) is 2.17. The van der Waals surface area contributed by atoms with Gasteiger partial charge in [0, 0.05) is 30.4 Å². The van der Waals surface area contributed by atoms with Crippen molar-refractivity contribution in [2.24, 2.45) is 0 Å². The number of methoxy groups -OCH3 is 2. The van der Waals surface area contributed by atoms with E-state index in [2.05, 4.69) is 11.9 Å². The van der Waals surface area contributed by atoms with Crippen LogP contribution in [0.1, 0.15) is 0 Å². The van der Waals surface area contributed by atoms with Gasteiger partial charge in [0.2, 0.25) is 5.91 Å². The topological polar surface area (TPSA) is 84.9 Å². The van der Waals surface area contributed by atoms with Crippen LogP contribution in [0, 0.1) is 0 Å². The SMILES string of the molecule is C=CCN(CC(=O)Nc1cc(OC)cc(OC)c1)S(=O)(=O)c1cccs1. The third-order valence-electron chi connectivity index (χ3n) is 3.38. The molecule has 1 heterocycles. The summed E-state index contributed by atoms with van der Waals surface area (Å²) >= 11 is 1.10. The zero-order valence-corrected chi connectivity index (χ0v) is 16.1. The molecule has 0 saturated heterocycles. The minimum absolute atomic E-state index is 0.0229. The van der Waals surface area contributed by atoms with Crippen molar-refractivity contribution in [2.75, 3.05) is 32.6 Å². The van der Waals surface area contributed by atoms with E-state index in [9.17, 15) is 13.2 Å². The fourth-order valence-corrected chi connectivity index (χ4v) is 4.68. The lowest BCUT2D eigenvalue weighted by molar-refractivity contribution is -0.116. The maximum Gasteiger partial charge on any atom is 0.253 e. The van der Waals surface area contributed by atoms with Crippen molar-refractivity contribution in [1.29, 1.82) is 0 Å². The number of amides is 1.